The molecule has 0 heterocycles. The molecule has 0 saturated heterocycles. The number of hydrogen-bond donors (Lipinski definition) is 0. The molecule has 0 aromatic heterocycles. The van der Waals surface area contributed by atoms with Crippen LogP contribution in [0.2, 0.25) is 0 Å². The molecular weight excluding hydrogens is 253 g/mol. The molecule has 1 unspecified atom stereocenters. The van der Waals surface area contributed by atoms with Crippen LogP contribution in [0.15, 0.2) is 42.0 Å². The molecule has 4 heteroatoms. The van der Waals surface area contributed by atoms with Crippen molar-refractivity contribution in [1.82, 2.24) is 0 Å². The van der Waals surface area contributed by atoms with Gasteiger partial charge in [-0.15, -0.1) is 0 Å². The van der Waals surface area contributed by atoms with Crippen molar-refractivity contribution < 1.29 is 17.9 Å². The van der Waals surface area contributed by atoms with Gasteiger partial charge in [-0.2, -0.15) is 13.2 Å². The molecule has 2 rings (SSSR count). The molecule has 0 saturated carbocycles. The van der Waals surface area contributed by atoms with Crippen LogP contribution in [0.5, 0.6) is 5.75 Å². The molecule has 1 aliphatic rings. The summed E-state index contributed by atoms with van der Waals surface area (Å²) in [7, 11) is 0. The molecule has 1 nitrogen and oxygen atoms in total. The Balaban J connectivity index is 2.10. The third-order valence-electron chi connectivity index (χ3n) is 3.02. The Kier molecular flexibility index (Phi) is 3.69. The van der Waals surface area contributed by atoms with E-state index in [1.807, 2.05) is 26.0 Å². The second-order valence-corrected chi connectivity index (χ2v) is 4.70. The van der Waals surface area contributed by atoms with E-state index in [0.717, 1.165) is 17.2 Å². The number of halogens is 3. The van der Waals surface area contributed by atoms with Crippen molar-refractivity contribution in [2.45, 2.75) is 32.5 Å². The molecule has 0 fully saturated rings. The van der Waals surface area contributed by atoms with Gasteiger partial charge < -0.3 is 4.74 Å². The van der Waals surface area contributed by atoms with Gasteiger partial charge in [0, 0.05) is 12.0 Å². The average Bonchev–Trinajstić information content (AvgIpc) is 2.32. The molecule has 0 spiro atoms. The molecule has 19 heavy (non-hydrogen) atoms. The van der Waals surface area contributed by atoms with Gasteiger partial charge >= 0.3 is 6.18 Å². The predicted molar refractivity (Wildman–Crippen MR) is 68.2 cm³/mol. The van der Waals surface area contributed by atoms with E-state index in [4.69, 9.17) is 4.74 Å². The summed E-state index contributed by atoms with van der Waals surface area (Å²) in [6, 6.07) is 5.63. The summed E-state index contributed by atoms with van der Waals surface area (Å²) >= 11 is 0. The van der Waals surface area contributed by atoms with E-state index in [-0.39, 0.29) is 6.42 Å². The van der Waals surface area contributed by atoms with E-state index >= 15 is 0 Å². The molecule has 1 atom stereocenters. The Morgan fingerprint density at radius 2 is 1.95 bits per heavy atom. The van der Waals surface area contributed by atoms with Crippen LogP contribution >= 0.6 is 0 Å². The summed E-state index contributed by atoms with van der Waals surface area (Å²) in [5, 5.41) is 0. The minimum absolute atomic E-state index is 0.146. The highest BCUT2D eigenvalue weighted by molar-refractivity contribution is 5.36. The lowest BCUT2D eigenvalue weighted by molar-refractivity contribution is -0.0960. The van der Waals surface area contributed by atoms with Crippen molar-refractivity contribution in [3.8, 4) is 5.75 Å². The Morgan fingerprint density at radius 1 is 1.21 bits per heavy atom. The second kappa shape index (κ2) is 5.11. The van der Waals surface area contributed by atoms with Crippen LogP contribution in [-0.4, -0.2) is 12.3 Å². The quantitative estimate of drug-likeness (QED) is 0.767. The Morgan fingerprint density at radius 3 is 2.58 bits per heavy atom. The van der Waals surface area contributed by atoms with Gasteiger partial charge in [0.2, 0.25) is 0 Å². The first kappa shape index (κ1) is 13.7. The maximum absolute atomic E-state index is 12.6. The van der Waals surface area contributed by atoms with Crippen molar-refractivity contribution in [2.24, 2.45) is 0 Å². The standard InChI is InChI=1S/C15H15F3O/c1-10-6-7-14(11(2)8-10)19-13-5-3-4-12(9-13)15(16,17)18/h3-8,13H,9H2,1-2H3. The van der Waals surface area contributed by atoms with Gasteiger partial charge in [-0.05, 0) is 31.6 Å². The zero-order valence-corrected chi connectivity index (χ0v) is 10.8. The van der Waals surface area contributed by atoms with Gasteiger partial charge in [-0.1, -0.05) is 29.8 Å². The fraction of sp³-hybridized carbons (Fsp3) is 0.333. The Labute approximate surface area is 110 Å². The zero-order valence-electron chi connectivity index (χ0n) is 10.8. The average molecular weight is 268 g/mol. The lowest BCUT2D eigenvalue weighted by atomic mass is 10.0. The Bertz CT molecular complexity index is 527. The highest BCUT2D eigenvalue weighted by atomic mass is 19.4. The van der Waals surface area contributed by atoms with Crippen molar-refractivity contribution in [3.05, 3.63) is 53.1 Å². The third kappa shape index (κ3) is 3.40. The normalized spacial score (nSPS) is 19.2. The van der Waals surface area contributed by atoms with E-state index < -0.39 is 17.9 Å². The maximum Gasteiger partial charge on any atom is 0.412 e. The molecule has 0 N–H and O–H groups in total. The van der Waals surface area contributed by atoms with Crippen LogP contribution in [0, 0.1) is 13.8 Å². The largest absolute Gasteiger partial charge is 0.486 e. The van der Waals surface area contributed by atoms with Crippen molar-refractivity contribution in [1.29, 1.82) is 0 Å². The molecule has 1 aromatic carbocycles. The minimum atomic E-state index is -4.28. The molecule has 0 amide bonds. The van der Waals surface area contributed by atoms with Crippen LogP contribution in [0.3, 0.4) is 0 Å². The summed E-state index contributed by atoms with van der Waals surface area (Å²) in [5.41, 5.74) is 1.47. The molecule has 0 aliphatic heterocycles. The SMILES string of the molecule is Cc1ccc(OC2C=CC=C(C(F)(F)F)C2)c(C)c1. The van der Waals surface area contributed by atoms with Gasteiger partial charge in [0.1, 0.15) is 11.9 Å². The number of benzene rings is 1. The van der Waals surface area contributed by atoms with Crippen LogP contribution in [0.1, 0.15) is 17.5 Å². The first-order valence-corrected chi connectivity index (χ1v) is 6.05. The van der Waals surface area contributed by atoms with Crippen molar-refractivity contribution in [3.63, 3.8) is 0 Å². The van der Waals surface area contributed by atoms with E-state index in [1.165, 1.54) is 6.08 Å². The third-order valence-corrected chi connectivity index (χ3v) is 3.02. The molecular formula is C15H15F3O. The number of hydrogen-bond acceptors (Lipinski definition) is 1. The first-order valence-electron chi connectivity index (χ1n) is 6.05. The Hall–Kier alpha value is -1.71. The van der Waals surface area contributed by atoms with Crippen LogP contribution in [0.4, 0.5) is 13.2 Å². The van der Waals surface area contributed by atoms with Gasteiger partial charge in [-0.3, -0.25) is 0 Å². The number of rotatable bonds is 2. The topological polar surface area (TPSA) is 9.23 Å². The fourth-order valence-electron chi connectivity index (χ4n) is 2.03. The van der Waals surface area contributed by atoms with Crippen molar-refractivity contribution in [2.75, 3.05) is 0 Å². The summed E-state index contributed by atoms with van der Waals surface area (Å²) in [5.74, 6) is 0.628. The van der Waals surface area contributed by atoms with E-state index in [2.05, 4.69) is 0 Å². The van der Waals surface area contributed by atoms with Crippen molar-refractivity contribution >= 4 is 0 Å². The predicted octanol–water partition coefficient (Wildman–Crippen LogP) is 4.50. The smallest absolute Gasteiger partial charge is 0.412 e. The van der Waals surface area contributed by atoms with Gasteiger partial charge in [0.25, 0.3) is 0 Å². The second-order valence-electron chi connectivity index (χ2n) is 4.70. The monoisotopic (exact) mass is 268 g/mol. The summed E-state index contributed by atoms with van der Waals surface area (Å²) in [6.07, 6.45) is -0.845. The van der Waals surface area contributed by atoms with E-state index in [0.29, 0.717) is 5.75 Å². The summed E-state index contributed by atoms with van der Waals surface area (Å²) < 4.78 is 43.5. The molecule has 1 aromatic rings. The van der Waals surface area contributed by atoms with E-state index in [1.54, 1.807) is 12.1 Å². The summed E-state index contributed by atoms with van der Waals surface area (Å²) in [6.45, 7) is 3.84. The molecule has 0 radical (unpaired) electrons. The lowest BCUT2D eigenvalue weighted by Gasteiger charge is -2.22. The van der Waals surface area contributed by atoms with Crippen LogP contribution < -0.4 is 4.74 Å². The summed E-state index contributed by atoms with van der Waals surface area (Å²) in [4.78, 5) is 0. The first-order chi connectivity index (χ1) is 8.86. The molecule has 102 valence electrons. The maximum atomic E-state index is 12.6. The van der Waals surface area contributed by atoms with Gasteiger partial charge in [-0.25, -0.2) is 0 Å². The molecule has 0 bridgehead atoms. The minimum Gasteiger partial charge on any atom is -0.486 e. The number of alkyl halides is 3. The highest BCUT2D eigenvalue weighted by Crippen LogP contribution is 2.33. The highest BCUT2D eigenvalue weighted by Gasteiger charge is 2.35. The fourth-order valence-corrected chi connectivity index (χ4v) is 2.03. The number of aryl methyl sites for hydroxylation is 2. The van der Waals surface area contributed by atoms with Crippen LogP contribution in [-0.2, 0) is 0 Å². The van der Waals surface area contributed by atoms with Crippen LogP contribution in [0.25, 0.3) is 0 Å². The molecule has 1 aliphatic carbocycles. The van der Waals surface area contributed by atoms with E-state index in [9.17, 15) is 13.2 Å². The van der Waals surface area contributed by atoms with Gasteiger partial charge in [0.05, 0.1) is 0 Å². The van der Waals surface area contributed by atoms with Gasteiger partial charge in [0.15, 0.2) is 0 Å². The number of ether oxygens (including phenoxy) is 1. The zero-order chi connectivity index (χ0) is 14.0. The lowest BCUT2D eigenvalue weighted by Crippen LogP contribution is -2.23. The number of allylic oxidation sites excluding steroid dienone is 2.